The van der Waals surface area contributed by atoms with Crippen molar-refractivity contribution >= 4 is 23.6 Å². The first-order chi connectivity index (χ1) is 9.95. The van der Waals surface area contributed by atoms with Crippen LogP contribution in [0.15, 0.2) is 29.2 Å². The first-order valence-corrected chi connectivity index (χ1v) is 8.20. The van der Waals surface area contributed by atoms with E-state index in [1.54, 1.807) is 0 Å². The molecule has 1 aliphatic rings. The van der Waals surface area contributed by atoms with Crippen LogP contribution in [0.5, 0.6) is 0 Å². The van der Waals surface area contributed by atoms with Gasteiger partial charge in [-0.3, -0.25) is 9.59 Å². The van der Waals surface area contributed by atoms with E-state index >= 15 is 0 Å². The number of carbonyl (C=O) groups excluding carboxylic acids is 2. The minimum atomic E-state index is -0.379. The van der Waals surface area contributed by atoms with Gasteiger partial charge in [-0.15, -0.1) is 11.8 Å². The molecular weight excluding hydrogens is 284 g/mol. The molecule has 1 fully saturated rings. The van der Waals surface area contributed by atoms with E-state index in [0.29, 0.717) is 18.1 Å². The third-order valence-corrected chi connectivity index (χ3v) is 4.44. The number of benzene rings is 1. The number of amides is 2. The van der Waals surface area contributed by atoms with Crippen molar-refractivity contribution in [3.63, 3.8) is 0 Å². The number of rotatable bonds is 5. The lowest BCUT2D eigenvalue weighted by Crippen LogP contribution is -2.42. The van der Waals surface area contributed by atoms with Crippen LogP contribution >= 0.6 is 11.8 Å². The minimum Gasteiger partial charge on any atom is -0.348 e. The molecule has 0 aliphatic carbocycles. The van der Waals surface area contributed by atoms with Crippen molar-refractivity contribution in [2.45, 2.75) is 55.8 Å². The Bertz CT molecular complexity index is 514. The van der Waals surface area contributed by atoms with Crippen LogP contribution in [-0.2, 0) is 9.59 Å². The van der Waals surface area contributed by atoms with E-state index in [4.69, 9.17) is 0 Å². The molecule has 5 heteroatoms. The van der Waals surface area contributed by atoms with Gasteiger partial charge in [-0.05, 0) is 31.0 Å². The molecule has 2 atom stereocenters. The summed E-state index contributed by atoms with van der Waals surface area (Å²) in [6.07, 6.45) is 1.02. The molecule has 1 aromatic carbocycles. The highest BCUT2D eigenvalue weighted by atomic mass is 32.2. The van der Waals surface area contributed by atoms with Crippen molar-refractivity contribution in [1.82, 2.24) is 10.6 Å². The van der Waals surface area contributed by atoms with Crippen LogP contribution in [0, 0.1) is 0 Å². The summed E-state index contributed by atoms with van der Waals surface area (Å²) in [5.74, 6) is -0.146. The van der Waals surface area contributed by atoms with Crippen LogP contribution in [0.2, 0.25) is 0 Å². The van der Waals surface area contributed by atoms with Crippen LogP contribution in [0.4, 0.5) is 0 Å². The Balaban J connectivity index is 1.92. The molecule has 2 unspecified atom stereocenters. The first-order valence-electron chi connectivity index (χ1n) is 7.32. The Labute approximate surface area is 130 Å². The largest absolute Gasteiger partial charge is 0.348 e. The molecule has 1 heterocycles. The van der Waals surface area contributed by atoms with Crippen molar-refractivity contribution in [2.24, 2.45) is 0 Å². The van der Waals surface area contributed by atoms with Crippen molar-refractivity contribution in [3.8, 4) is 0 Å². The van der Waals surface area contributed by atoms with Gasteiger partial charge in [0.2, 0.25) is 11.8 Å². The second kappa shape index (κ2) is 6.98. The number of carbonyl (C=O) groups is 2. The zero-order chi connectivity index (χ0) is 15.4. The highest BCUT2D eigenvalue weighted by Crippen LogP contribution is 2.24. The number of nitrogens with one attached hydrogen (secondary N) is 2. The van der Waals surface area contributed by atoms with Crippen LogP contribution < -0.4 is 10.6 Å². The molecule has 4 nitrogen and oxygen atoms in total. The molecule has 1 aliphatic heterocycles. The molecule has 0 saturated carbocycles. The SMILES string of the molecule is CC(C)Sc1ccc(C(C)NC(=O)C2CCC(=O)N2)cc1. The van der Waals surface area contributed by atoms with E-state index in [-0.39, 0.29) is 23.9 Å². The highest BCUT2D eigenvalue weighted by molar-refractivity contribution is 7.99. The number of thioether (sulfide) groups is 1. The van der Waals surface area contributed by atoms with Gasteiger partial charge >= 0.3 is 0 Å². The molecule has 114 valence electrons. The van der Waals surface area contributed by atoms with Gasteiger partial charge < -0.3 is 10.6 Å². The summed E-state index contributed by atoms with van der Waals surface area (Å²) < 4.78 is 0. The van der Waals surface area contributed by atoms with Gasteiger partial charge in [-0.1, -0.05) is 26.0 Å². The number of hydrogen-bond donors (Lipinski definition) is 2. The molecule has 2 amide bonds. The topological polar surface area (TPSA) is 58.2 Å². The van der Waals surface area contributed by atoms with Crippen LogP contribution in [0.25, 0.3) is 0 Å². The maximum Gasteiger partial charge on any atom is 0.243 e. The summed E-state index contributed by atoms with van der Waals surface area (Å²) in [5.41, 5.74) is 1.07. The van der Waals surface area contributed by atoms with Gasteiger partial charge in [0.25, 0.3) is 0 Å². The molecule has 21 heavy (non-hydrogen) atoms. The van der Waals surface area contributed by atoms with Gasteiger partial charge in [-0.2, -0.15) is 0 Å². The molecule has 2 rings (SSSR count). The molecule has 1 saturated heterocycles. The van der Waals surface area contributed by atoms with E-state index in [1.807, 2.05) is 30.8 Å². The maximum absolute atomic E-state index is 12.1. The van der Waals surface area contributed by atoms with Gasteiger partial charge in [-0.25, -0.2) is 0 Å². The lowest BCUT2D eigenvalue weighted by molar-refractivity contribution is -0.126. The Morgan fingerprint density at radius 1 is 1.29 bits per heavy atom. The van der Waals surface area contributed by atoms with E-state index in [0.717, 1.165) is 5.56 Å². The summed E-state index contributed by atoms with van der Waals surface area (Å²) in [6, 6.07) is 7.81. The molecule has 0 aromatic heterocycles. The van der Waals surface area contributed by atoms with E-state index in [9.17, 15) is 9.59 Å². The Kier molecular flexibility index (Phi) is 5.28. The lowest BCUT2D eigenvalue weighted by Gasteiger charge is -2.18. The van der Waals surface area contributed by atoms with Gasteiger partial charge in [0.15, 0.2) is 0 Å². The second-order valence-electron chi connectivity index (χ2n) is 5.62. The van der Waals surface area contributed by atoms with Gasteiger partial charge in [0.1, 0.15) is 6.04 Å². The molecular formula is C16H22N2O2S. The van der Waals surface area contributed by atoms with Gasteiger partial charge in [0.05, 0.1) is 6.04 Å². The fraction of sp³-hybridized carbons (Fsp3) is 0.500. The average Bonchev–Trinajstić information content (AvgIpc) is 2.85. The lowest BCUT2D eigenvalue weighted by atomic mass is 10.1. The van der Waals surface area contributed by atoms with E-state index in [1.165, 1.54) is 4.90 Å². The Morgan fingerprint density at radius 3 is 2.48 bits per heavy atom. The second-order valence-corrected chi connectivity index (χ2v) is 7.27. The minimum absolute atomic E-state index is 0.0436. The normalized spacial score (nSPS) is 19.4. The monoisotopic (exact) mass is 306 g/mol. The van der Waals surface area contributed by atoms with E-state index < -0.39 is 0 Å². The van der Waals surface area contributed by atoms with Crippen molar-refractivity contribution < 1.29 is 9.59 Å². The van der Waals surface area contributed by atoms with E-state index in [2.05, 4.69) is 36.6 Å². The van der Waals surface area contributed by atoms with Crippen LogP contribution in [0.3, 0.4) is 0 Å². The Hall–Kier alpha value is -1.49. The zero-order valence-corrected chi connectivity index (χ0v) is 13.5. The summed E-state index contributed by atoms with van der Waals surface area (Å²) in [6.45, 7) is 6.29. The Morgan fingerprint density at radius 2 is 1.95 bits per heavy atom. The zero-order valence-electron chi connectivity index (χ0n) is 12.7. The highest BCUT2D eigenvalue weighted by Gasteiger charge is 2.27. The fourth-order valence-corrected chi connectivity index (χ4v) is 3.15. The summed E-state index contributed by atoms with van der Waals surface area (Å²) in [7, 11) is 0. The summed E-state index contributed by atoms with van der Waals surface area (Å²) >= 11 is 1.82. The fourth-order valence-electron chi connectivity index (χ4n) is 2.32. The van der Waals surface area contributed by atoms with Crippen molar-refractivity contribution in [2.75, 3.05) is 0 Å². The van der Waals surface area contributed by atoms with Crippen LogP contribution in [-0.4, -0.2) is 23.1 Å². The predicted octanol–water partition coefficient (Wildman–Crippen LogP) is 2.64. The molecule has 1 aromatic rings. The first kappa shape index (κ1) is 15.9. The summed E-state index contributed by atoms with van der Waals surface area (Å²) in [5, 5.41) is 6.20. The standard InChI is InChI=1S/C16H22N2O2S/c1-10(2)21-13-6-4-12(5-7-13)11(3)17-16(20)14-8-9-15(19)18-14/h4-7,10-11,14H,8-9H2,1-3H3,(H,17,20)(H,18,19). The maximum atomic E-state index is 12.1. The van der Waals surface area contributed by atoms with Crippen molar-refractivity contribution in [1.29, 1.82) is 0 Å². The van der Waals surface area contributed by atoms with Crippen LogP contribution in [0.1, 0.15) is 45.2 Å². The third-order valence-electron chi connectivity index (χ3n) is 3.42. The predicted molar refractivity (Wildman–Crippen MR) is 85.2 cm³/mol. The third kappa shape index (κ3) is 4.49. The molecule has 0 spiro atoms. The molecule has 2 N–H and O–H groups in total. The molecule has 0 bridgehead atoms. The molecule has 0 radical (unpaired) electrons. The summed E-state index contributed by atoms with van der Waals surface area (Å²) in [4.78, 5) is 24.4. The smallest absolute Gasteiger partial charge is 0.243 e. The quantitative estimate of drug-likeness (QED) is 0.822. The van der Waals surface area contributed by atoms with Gasteiger partial charge in [0, 0.05) is 16.6 Å². The number of hydrogen-bond acceptors (Lipinski definition) is 3. The van der Waals surface area contributed by atoms with Crippen molar-refractivity contribution in [3.05, 3.63) is 29.8 Å². The average molecular weight is 306 g/mol.